The van der Waals surface area contributed by atoms with Gasteiger partial charge in [0, 0.05) is 18.8 Å². The van der Waals surface area contributed by atoms with Gasteiger partial charge in [0.15, 0.2) is 0 Å². The average molecular weight is 465 g/mol. The number of amides is 2. The minimum absolute atomic E-state index is 0.191. The number of ether oxygens (including phenoxy) is 1. The zero-order valence-electron chi connectivity index (χ0n) is 19.3. The van der Waals surface area contributed by atoms with Crippen LogP contribution in [0.2, 0.25) is 0 Å². The van der Waals surface area contributed by atoms with Crippen LogP contribution < -0.4 is 16.6 Å². The van der Waals surface area contributed by atoms with E-state index >= 15 is 0 Å². The lowest BCUT2D eigenvalue weighted by Gasteiger charge is -2.25. The zero-order chi connectivity index (χ0) is 24.2. The third-order valence-corrected chi connectivity index (χ3v) is 6.20. The van der Waals surface area contributed by atoms with E-state index in [9.17, 15) is 19.2 Å². The molecule has 0 saturated carbocycles. The highest BCUT2D eigenvalue weighted by Crippen LogP contribution is 2.18. The SMILES string of the molecule is Cc1cccc(NC(=O)CN(CC2CCCO2)C(=O)Cn2c(=O)[nH]c3ccccc3c2=O)c1C. The molecule has 1 aliphatic heterocycles. The highest BCUT2D eigenvalue weighted by molar-refractivity contribution is 5.95. The molecule has 2 N–H and O–H groups in total. The van der Waals surface area contributed by atoms with E-state index in [2.05, 4.69) is 10.3 Å². The first-order valence-corrected chi connectivity index (χ1v) is 11.3. The highest BCUT2D eigenvalue weighted by atomic mass is 16.5. The Morgan fingerprint density at radius 3 is 2.71 bits per heavy atom. The molecule has 1 aromatic heterocycles. The maximum absolute atomic E-state index is 13.2. The molecule has 0 spiro atoms. The van der Waals surface area contributed by atoms with E-state index in [1.54, 1.807) is 30.3 Å². The number of nitrogens with one attached hydrogen (secondary N) is 2. The molecule has 2 aromatic carbocycles. The Hall–Kier alpha value is -3.72. The number of aromatic amines is 1. The molecule has 1 fully saturated rings. The predicted molar refractivity (Wildman–Crippen MR) is 129 cm³/mol. The van der Waals surface area contributed by atoms with Crippen molar-refractivity contribution in [3.63, 3.8) is 0 Å². The smallest absolute Gasteiger partial charge is 0.329 e. The number of nitrogens with zero attached hydrogens (tertiary/aromatic N) is 2. The van der Waals surface area contributed by atoms with Gasteiger partial charge in [0.25, 0.3) is 5.56 Å². The Balaban J connectivity index is 1.55. The molecule has 0 bridgehead atoms. The first-order valence-electron chi connectivity index (χ1n) is 11.3. The number of anilines is 1. The van der Waals surface area contributed by atoms with Crippen molar-refractivity contribution >= 4 is 28.4 Å². The summed E-state index contributed by atoms with van der Waals surface area (Å²) in [6.45, 7) is 4.00. The van der Waals surface area contributed by atoms with E-state index in [1.165, 1.54) is 4.90 Å². The number of para-hydroxylation sites is 1. The molecule has 9 heteroatoms. The maximum Gasteiger partial charge on any atom is 0.329 e. The second kappa shape index (κ2) is 10.0. The summed E-state index contributed by atoms with van der Waals surface area (Å²) >= 11 is 0. The van der Waals surface area contributed by atoms with Gasteiger partial charge < -0.3 is 19.9 Å². The number of H-pyrrole nitrogens is 1. The van der Waals surface area contributed by atoms with Gasteiger partial charge in [0.05, 0.1) is 17.0 Å². The summed E-state index contributed by atoms with van der Waals surface area (Å²) in [5, 5.41) is 3.18. The molecule has 1 unspecified atom stereocenters. The molecule has 4 rings (SSSR count). The van der Waals surface area contributed by atoms with Gasteiger partial charge in [0.1, 0.15) is 13.1 Å². The summed E-state index contributed by atoms with van der Waals surface area (Å²) in [7, 11) is 0. The average Bonchev–Trinajstić information content (AvgIpc) is 3.32. The number of hydrogen-bond acceptors (Lipinski definition) is 5. The Bertz CT molecular complexity index is 1340. The number of fused-ring (bicyclic) bond motifs is 1. The van der Waals surface area contributed by atoms with Crippen LogP contribution in [0.3, 0.4) is 0 Å². The lowest BCUT2D eigenvalue weighted by atomic mass is 10.1. The van der Waals surface area contributed by atoms with Crippen LogP contribution in [0.1, 0.15) is 24.0 Å². The van der Waals surface area contributed by atoms with Crippen molar-refractivity contribution in [2.75, 3.05) is 25.0 Å². The van der Waals surface area contributed by atoms with Crippen molar-refractivity contribution in [2.45, 2.75) is 39.3 Å². The Morgan fingerprint density at radius 1 is 1.15 bits per heavy atom. The van der Waals surface area contributed by atoms with Crippen LogP contribution in [-0.2, 0) is 20.9 Å². The monoisotopic (exact) mass is 464 g/mol. The minimum Gasteiger partial charge on any atom is -0.376 e. The standard InChI is InChI=1S/C25H28N4O5/c1-16-7-5-11-20(17(16)2)26-22(30)14-28(13-18-8-6-12-34-18)23(31)15-29-24(32)19-9-3-4-10-21(19)27-25(29)33/h3-5,7,9-11,18H,6,8,12-15H2,1-2H3,(H,26,30)(H,27,33). The summed E-state index contributed by atoms with van der Waals surface area (Å²) in [6.07, 6.45) is 1.47. The van der Waals surface area contributed by atoms with Gasteiger partial charge in [-0.05, 0) is 56.0 Å². The molecule has 1 aliphatic rings. The minimum atomic E-state index is -0.672. The van der Waals surface area contributed by atoms with Crippen LogP contribution in [0.15, 0.2) is 52.1 Å². The Kier molecular flexibility index (Phi) is 6.93. The number of carbonyl (C=O) groups excluding carboxylic acids is 2. The lowest BCUT2D eigenvalue weighted by Crippen LogP contribution is -2.47. The van der Waals surface area contributed by atoms with Gasteiger partial charge in [-0.1, -0.05) is 24.3 Å². The summed E-state index contributed by atoms with van der Waals surface area (Å²) in [4.78, 5) is 55.4. The van der Waals surface area contributed by atoms with Crippen molar-refractivity contribution in [3.05, 3.63) is 74.4 Å². The predicted octanol–water partition coefficient (Wildman–Crippen LogP) is 1.95. The fraction of sp³-hybridized carbons (Fsp3) is 0.360. The van der Waals surface area contributed by atoms with Gasteiger partial charge >= 0.3 is 5.69 Å². The number of carbonyl (C=O) groups is 2. The normalized spacial score (nSPS) is 15.4. The van der Waals surface area contributed by atoms with Gasteiger partial charge in [-0.15, -0.1) is 0 Å². The zero-order valence-corrected chi connectivity index (χ0v) is 19.3. The van der Waals surface area contributed by atoms with E-state index in [0.29, 0.717) is 23.2 Å². The molecule has 3 aromatic rings. The first kappa shape index (κ1) is 23.4. The quantitative estimate of drug-likeness (QED) is 0.555. The van der Waals surface area contributed by atoms with Crippen molar-refractivity contribution in [2.24, 2.45) is 0 Å². The second-order valence-electron chi connectivity index (χ2n) is 8.57. The second-order valence-corrected chi connectivity index (χ2v) is 8.57. The van der Waals surface area contributed by atoms with Crippen molar-refractivity contribution in [3.8, 4) is 0 Å². The molecule has 2 amide bonds. The molecule has 0 aliphatic carbocycles. The molecule has 1 atom stereocenters. The lowest BCUT2D eigenvalue weighted by molar-refractivity contribution is -0.136. The molecule has 178 valence electrons. The van der Waals surface area contributed by atoms with Crippen LogP contribution in [0.4, 0.5) is 5.69 Å². The van der Waals surface area contributed by atoms with Crippen LogP contribution in [0, 0.1) is 13.8 Å². The molecule has 1 saturated heterocycles. The summed E-state index contributed by atoms with van der Waals surface area (Å²) in [5.74, 6) is -0.866. The summed E-state index contributed by atoms with van der Waals surface area (Å²) < 4.78 is 6.53. The summed E-state index contributed by atoms with van der Waals surface area (Å²) in [6, 6.07) is 12.2. The van der Waals surface area contributed by atoms with E-state index in [1.807, 2.05) is 26.0 Å². The molecule has 34 heavy (non-hydrogen) atoms. The van der Waals surface area contributed by atoms with Gasteiger partial charge in [-0.2, -0.15) is 0 Å². The van der Waals surface area contributed by atoms with Gasteiger partial charge in [0.2, 0.25) is 11.8 Å². The molecular formula is C25H28N4O5. The van der Waals surface area contributed by atoms with Crippen molar-refractivity contribution < 1.29 is 14.3 Å². The topological polar surface area (TPSA) is 114 Å². The fourth-order valence-electron chi connectivity index (χ4n) is 4.12. The van der Waals surface area contributed by atoms with Crippen LogP contribution >= 0.6 is 0 Å². The third-order valence-electron chi connectivity index (χ3n) is 6.20. The molecule has 9 nitrogen and oxygen atoms in total. The van der Waals surface area contributed by atoms with E-state index < -0.39 is 23.7 Å². The summed E-state index contributed by atoms with van der Waals surface area (Å²) in [5.41, 5.74) is 1.85. The van der Waals surface area contributed by atoms with Crippen molar-refractivity contribution in [1.29, 1.82) is 0 Å². The number of hydrogen-bond donors (Lipinski definition) is 2. The van der Waals surface area contributed by atoms with Gasteiger partial charge in [-0.3, -0.25) is 19.0 Å². The van der Waals surface area contributed by atoms with Crippen molar-refractivity contribution in [1.82, 2.24) is 14.5 Å². The van der Waals surface area contributed by atoms with E-state index in [-0.39, 0.29) is 25.1 Å². The Morgan fingerprint density at radius 2 is 1.94 bits per heavy atom. The molecule has 0 radical (unpaired) electrons. The maximum atomic E-state index is 13.2. The van der Waals surface area contributed by atoms with Gasteiger partial charge in [-0.25, -0.2) is 4.79 Å². The molecule has 2 heterocycles. The number of benzene rings is 2. The van der Waals surface area contributed by atoms with Crippen LogP contribution in [-0.4, -0.2) is 52.1 Å². The van der Waals surface area contributed by atoms with Crippen LogP contribution in [0.25, 0.3) is 10.9 Å². The van der Waals surface area contributed by atoms with Crippen LogP contribution in [0.5, 0.6) is 0 Å². The Labute approximate surface area is 196 Å². The highest BCUT2D eigenvalue weighted by Gasteiger charge is 2.25. The first-order chi connectivity index (χ1) is 16.3. The number of aryl methyl sites for hydroxylation is 1. The van der Waals surface area contributed by atoms with E-state index in [0.717, 1.165) is 28.5 Å². The fourth-order valence-corrected chi connectivity index (χ4v) is 4.12. The third kappa shape index (κ3) is 5.09. The van der Waals surface area contributed by atoms with E-state index in [4.69, 9.17) is 4.74 Å². The number of rotatable bonds is 7. The molecular weight excluding hydrogens is 436 g/mol. The largest absolute Gasteiger partial charge is 0.376 e. The number of aromatic nitrogens is 2.